The largest absolute Gasteiger partial charge is 0.472 e. The first kappa shape index (κ1) is 100. The SMILES string of the molecule is CCCCCCCCCCCCCCCC(=O)OC[C@H](COP(=O)(O)OC[C@H](O)COP(=O)(O)OC[C@@H](COC(=O)CCCCCCCCCCCCC(C)CC)OC(=O)CCCCCCCCCCCCCCCCCCCCC(C)CC)OC(=O)CCCCCCCCCCCCCCC. The van der Waals surface area contributed by atoms with Crippen molar-refractivity contribution in [3.63, 3.8) is 0 Å². The van der Waals surface area contributed by atoms with Gasteiger partial charge in [0.1, 0.15) is 19.3 Å². The predicted molar refractivity (Wildman–Crippen MR) is 418 cm³/mol. The molecular weight excluding hydrogens is 1330 g/mol. The highest BCUT2D eigenvalue weighted by Gasteiger charge is 2.30. The molecule has 0 aliphatic carbocycles. The topological polar surface area (TPSA) is 237 Å². The van der Waals surface area contributed by atoms with Crippen LogP contribution < -0.4 is 0 Å². The highest BCUT2D eigenvalue weighted by molar-refractivity contribution is 7.47. The van der Waals surface area contributed by atoms with Crippen molar-refractivity contribution >= 4 is 39.5 Å². The Balaban J connectivity index is 5.23. The number of carbonyl (C=O) groups is 4. The Kier molecular flexibility index (Phi) is 73.1. The van der Waals surface area contributed by atoms with E-state index < -0.39 is 97.5 Å². The molecule has 19 heteroatoms. The summed E-state index contributed by atoms with van der Waals surface area (Å²) in [6.07, 6.45) is 65.0. The molecule has 0 aromatic heterocycles. The van der Waals surface area contributed by atoms with E-state index in [0.29, 0.717) is 25.7 Å². The molecule has 0 fully saturated rings. The van der Waals surface area contributed by atoms with Crippen molar-refractivity contribution in [1.29, 1.82) is 0 Å². The quantitative estimate of drug-likeness (QED) is 0.0222. The van der Waals surface area contributed by atoms with Crippen LogP contribution in [-0.2, 0) is 65.4 Å². The van der Waals surface area contributed by atoms with Crippen molar-refractivity contribution in [2.45, 2.75) is 458 Å². The molecule has 0 heterocycles. The molecule has 0 saturated heterocycles. The zero-order valence-electron chi connectivity index (χ0n) is 66.9. The number of esters is 4. The molecule has 0 aromatic rings. The van der Waals surface area contributed by atoms with Crippen LogP contribution in [0.25, 0.3) is 0 Å². The molecule has 4 unspecified atom stereocenters. The lowest BCUT2D eigenvalue weighted by atomic mass is 9.99. The highest BCUT2D eigenvalue weighted by Crippen LogP contribution is 2.45. The number of phosphoric ester groups is 2. The smallest absolute Gasteiger partial charge is 0.462 e. The van der Waals surface area contributed by atoms with Crippen LogP contribution in [0.4, 0.5) is 0 Å². The maximum atomic E-state index is 13.1. The molecule has 0 aliphatic heterocycles. The van der Waals surface area contributed by atoms with E-state index in [1.807, 2.05) is 0 Å². The Hall–Kier alpha value is -1.94. The van der Waals surface area contributed by atoms with E-state index in [0.717, 1.165) is 102 Å². The summed E-state index contributed by atoms with van der Waals surface area (Å²) in [6.45, 7) is 9.75. The van der Waals surface area contributed by atoms with Crippen LogP contribution >= 0.6 is 15.6 Å². The molecule has 0 radical (unpaired) electrons. The lowest BCUT2D eigenvalue weighted by molar-refractivity contribution is -0.161. The first-order chi connectivity index (χ1) is 49.4. The average molecular weight is 1490 g/mol. The number of hydrogen-bond acceptors (Lipinski definition) is 15. The summed E-state index contributed by atoms with van der Waals surface area (Å²) in [7, 11) is -9.92. The van der Waals surface area contributed by atoms with E-state index in [2.05, 4.69) is 41.5 Å². The van der Waals surface area contributed by atoms with Crippen molar-refractivity contribution in [2.75, 3.05) is 39.6 Å². The van der Waals surface area contributed by atoms with E-state index in [-0.39, 0.29) is 25.7 Å². The van der Waals surface area contributed by atoms with E-state index in [4.69, 9.17) is 37.0 Å². The van der Waals surface area contributed by atoms with E-state index in [1.165, 1.54) is 257 Å². The number of carbonyl (C=O) groups excluding carboxylic acids is 4. The summed E-state index contributed by atoms with van der Waals surface area (Å²) in [6, 6.07) is 0. The molecule has 0 saturated carbocycles. The summed E-state index contributed by atoms with van der Waals surface area (Å²) < 4.78 is 68.8. The van der Waals surface area contributed by atoms with Crippen molar-refractivity contribution in [3.05, 3.63) is 0 Å². The zero-order chi connectivity index (χ0) is 74.9. The van der Waals surface area contributed by atoms with Gasteiger partial charge in [0.05, 0.1) is 26.4 Å². The molecule has 17 nitrogen and oxygen atoms in total. The van der Waals surface area contributed by atoms with Crippen molar-refractivity contribution < 1.29 is 80.2 Å². The molecule has 0 aliphatic rings. The number of aliphatic hydroxyl groups is 1. The van der Waals surface area contributed by atoms with Crippen LogP contribution in [0.3, 0.4) is 0 Å². The van der Waals surface area contributed by atoms with Gasteiger partial charge < -0.3 is 33.8 Å². The van der Waals surface area contributed by atoms with E-state index in [9.17, 15) is 43.2 Å². The van der Waals surface area contributed by atoms with Gasteiger partial charge in [0.2, 0.25) is 0 Å². The van der Waals surface area contributed by atoms with Gasteiger partial charge >= 0.3 is 39.5 Å². The third-order valence-electron chi connectivity index (χ3n) is 20.2. The molecule has 102 heavy (non-hydrogen) atoms. The Morgan fingerprint density at radius 1 is 0.275 bits per heavy atom. The Labute approximate surface area is 626 Å². The minimum atomic E-state index is -4.96. The van der Waals surface area contributed by atoms with Crippen molar-refractivity contribution in [3.8, 4) is 0 Å². The Morgan fingerprint density at radius 2 is 0.471 bits per heavy atom. The fourth-order valence-electron chi connectivity index (χ4n) is 12.8. The van der Waals surface area contributed by atoms with Crippen molar-refractivity contribution in [2.24, 2.45) is 11.8 Å². The molecule has 0 spiro atoms. The second-order valence-corrected chi connectivity index (χ2v) is 33.3. The van der Waals surface area contributed by atoms with Gasteiger partial charge in [-0.05, 0) is 37.5 Å². The Morgan fingerprint density at radius 3 is 0.696 bits per heavy atom. The van der Waals surface area contributed by atoms with E-state index >= 15 is 0 Å². The number of ether oxygens (including phenoxy) is 4. The number of unbranched alkanes of at least 4 members (excludes halogenated alkanes) is 50. The third kappa shape index (κ3) is 73.6. The summed E-state index contributed by atoms with van der Waals surface area (Å²) in [5.74, 6) is -0.423. The summed E-state index contributed by atoms with van der Waals surface area (Å²) in [4.78, 5) is 73.1. The van der Waals surface area contributed by atoms with Gasteiger partial charge in [-0.25, -0.2) is 9.13 Å². The lowest BCUT2D eigenvalue weighted by Crippen LogP contribution is -2.30. The van der Waals surface area contributed by atoms with Crippen LogP contribution in [0.5, 0.6) is 0 Å². The first-order valence-electron chi connectivity index (χ1n) is 43.1. The third-order valence-corrected chi connectivity index (χ3v) is 22.1. The van der Waals surface area contributed by atoms with Crippen LogP contribution in [0.1, 0.15) is 440 Å². The minimum absolute atomic E-state index is 0.108. The van der Waals surface area contributed by atoms with Gasteiger partial charge in [-0.1, -0.05) is 388 Å². The summed E-state index contributed by atoms with van der Waals surface area (Å²) in [5.41, 5.74) is 0. The number of aliphatic hydroxyl groups excluding tert-OH is 1. The summed E-state index contributed by atoms with van der Waals surface area (Å²) in [5, 5.41) is 10.7. The molecule has 7 atom stereocenters. The van der Waals surface area contributed by atoms with Gasteiger partial charge in [0.15, 0.2) is 12.2 Å². The van der Waals surface area contributed by atoms with Gasteiger partial charge in [-0.2, -0.15) is 0 Å². The van der Waals surface area contributed by atoms with Gasteiger partial charge in [0.25, 0.3) is 0 Å². The number of hydrogen-bond donors (Lipinski definition) is 3. The summed E-state index contributed by atoms with van der Waals surface area (Å²) >= 11 is 0. The van der Waals surface area contributed by atoms with Crippen LogP contribution in [0.15, 0.2) is 0 Å². The second-order valence-electron chi connectivity index (χ2n) is 30.4. The second kappa shape index (κ2) is 74.5. The molecule has 606 valence electrons. The zero-order valence-corrected chi connectivity index (χ0v) is 68.7. The highest BCUT2D eigenvalue weighted by atomic mass is 31.2. The molecule has 0 bridgehead atoms. The predicted octanol–water partition coefficient (Wildman–Crippen LogP) is 25.1. The van der Waals surface area contributed by atoms with Gasteiger partial charge in [-0.15, -0.1) is 0 Å². The molecule has 0 amide bonds. The lowest BCUT2D eigenvalue weighted by Gasteiger charge is -2.21. The fraction of sp³-hybridized carbons (Fsp3) is 0.952. The maximum Gasteiger partial charge on any atom is 0.472 e. The fourth-order valence-corrected chi connectivity index (χ4v) is 14.4. The average Bonchev–Trinajstić information content (AvgIpc) is 0.911. The van der Waals surface area contributed by atoms with Gasteiger partial charge in [0, 0.05) is 25.7 Å². The monoisotopic (exact) mass is 1490 g/mol. The molecule has 3 N–H and O–H groups in total. The van der Waals surface area contributed by atoms with Crippen LogP contribution in [0, 0.1) is 11.8 Å². The van der Waals surface area contributed by atoms with Crippen LogP contribution in [0.2, 0.25) is 0 Å². The molecule has 0 rings (SSSR count). The van der Waals surface area contributed by atoms with E-state index in [1.54, 1.807) is 0 Å². The normalized spacial score (nSPS) is 14.4. The maximum absolute atomic E-state index is 13.1. The number of rotatable bonds is 82. The van der Waals surface area contributed by atoms with Crippen LogP contribution in [-0.4, -0.2) is 96.7 Å². The first-order valence-corrected chi connectivity index (χ1v) is 46.1. The number of phosphoric acid groups is 2. The minimum Gasteiger partial charge on any atom is -0.462 e. The Bertz CT molecular complexity index is 1960. The van der Waals surface area contributed by atoms with Crippen molar-refractivity contribution in [1.82, 2.24) is 0 Å². The molecule has 0 aromatic carbocycles. The molecular formula is C83H162O17P2. The van der Waals surface area contributed by atoms with Gasteiger partial charge in [-0.3, -0.25) is 37.3 Å². The standard InChI is InChI=1S/C83H162O17P2/c1-7-11-13-15-17-19-21-29-34-41-47-53-59-65-80(85)93-71-78(99-82(87)67-61-55-49-43-35-30-22-20-18-16-14-12-8-2)73-97-101(89,90)95-69-77(84)70-96-102(91,92)98-74-79(72-94-81(86)66-60-54-48-42-38-37-40-46-52-58-64-76(6)10-4)100-83(88)68-62-56-50-44-36-32-28-26-24-23-25-27-31-33-39-45-51-57-63-75(5)9-3/h75-79,84H,7-74H2,1-6H3,(H,89,90)(H,91,92)/t75?,76?,77-,78+,79+/m0/s1.